The number of hydrogen-bond donors (Lipinski definition) is 0. The van der Waals surface area contributed by atoms with E-state index in [4.69, 9.17) is 0 Å². The molecule has 3 rings (SSSR count). The smallest absolute Gasteiger partial charge is 0.239 e. The highest BCUT2D eigenvalue weighted by atomic mass is 32.2. The summed E-state index contributed by atoms with van der Waals surface area (Å²) in [5, 5.41) is 0.465. The molecule has 0 fully saturated rings. The number of para-hydroxylation sites is 1. The SMILES string of the molecule is CN(C)CCN(C(=O)CSc1ccc(F)cc1)c1nc2c(S(C)(=O)=O)cccc2s1. The number of likely N-dealkylation sites (N-methyl/N-ethyl adjacent to an activating group) is 1. The number of thiazole rings is 1. The first-order chi connectivity index (χ1) is 14.1. The van der Waals surface area contributed by atoms with E-state index in [0.717, 1.165) is 11.2 Å². The largest absolute Gasteiger partial charge is 0.308 e. The number of rotatable bonds is 8. The second-order valence-corrected chi connectivity index (χ2v) is 11.0. The van der Waals surface area contributed by atoms with E-state index >= 15 is 0 Å². The molecule has 0 bridgehead atoms. The molecule has 0 aliphatic carbocycles. The van der Waals surface area contributed by atoms with Gasteiger partial charge in [-0.25, -0.2) is 17.8 Å². The molecule has 0 unspecified atom stereocenters. The number of anilines is 1. The van der Waals surface area contributed by atoms with Crippen molar-refractivity contribution in [2.75, 3.05) is 44.1 Å². The maximum Gasteiger partial charge on any atom is 0.239 e. The fourth-order valence-corrected chi connectivity index (χ4v) is 5.41. The number of aromatic nitrogens is 1. The van der Waals surface area contributed by atoms with E-state index in [0.29, 0.717) is 28.4 Å². The Morgan fingerprint density at radius 3 is 2.47 bits per heavy atom. The Kier molecular flexibility index (Phi) is 7.12. The van der Waals surface area contributed by atoms with Crippen LogP contribution in [0.4, 0.5) is 9.52 Å². The van der Waals surface area contributed by atoms with E-state index in [9.17, 15) is 17.6 Å². The normalized spacial score (nSPS) is 11.9. The fourth-order valence-electron chi connectivity index (χ4n) is 2.71. The summed E-state index contributed by atoms with van der Waals surface area (Å²) in [7, 11) is 0.386. The molecular formula is C20H22FN3O3S3. The van der Waals surface area contributed by atoms with E-state index < -0.39 is 9.84 Å². The molecule has 1 aromatic heterocycles. The molecule has 0 radical (unpaired) electrons. The van der Waals surface area contributed by atoms with Gasteiger partial charge in [0.15, 0.2) is 15.0 Å². The summed E-state index contributed by atoms with van der Waals surface area (Å²) in [5.74, 6) is -0.311. The molecule has 0 aliphatic rings. The number of halogens is 1. The Labute approximate surface area is 183 Å². The molecule has 10 heteroatoms. The zero-order chi connectivity index (χ0) is 21.9. The van der Waals surface area contributed by atoms with Crippen molar-refractivity contribution in [2.24, 2.45) is 0 Å². The first kappa shape index (κ1) is 22.7. The van der Waals surface area contributed by atoms with Crippen LogP contribution in [-0.2, 0) is 14.6 Å². The summed E-state index contributed by atoms with van der Waals surface area (Å²) in [5.41, 5.74) is 0.383. The lowest BCUT2D eigenvalue weighted by molar-refractivity contribution is -0.116. The number of amides is 1. The van der Waals surface area contributed by atoms with Crippen molar-refractivity contribution in [1.29, 1.82) is 0 Å². The second-order valence-electron chi connectivity index (χ2n) is 6.96. The van der Waals surface area contributed by atoms with Crippen LogP contribution in [0.3, 0.4) is 0 Å². The highest BCUT2D eigenvalue weighted by Crippen LogP contribution is 2.33. The van der Waals surface area contributed by atoms with Gasteiger partial charge in [0.2, 0.25) is 5.91 Å². The highest BCUT2D eigenvalue weighted by molar-refractivity contribution is 8.00. The van der Waals surface area contributed by atoms with E-state index in [2.05, 4.69) is 4.98 Å². The second kappa shape index (κ2) is 9.42. The minimum absolute atomic E-state index is 0.147. The molecule has 0 saturated carbocycles. The number of carbonyl (C=O) groups is 1. The van der Waals surface area contributed by atoms with Gasteiger partial charge in [-0.1, -0.05) is 17.4 Å². The molecule has 0 saturated heterocycles. The Morgan fingerprint density at radius 2 is 1.83 bits per heavy atom. The van der Waals surface area contributed by atoms with Crippen LogP contribution < -0.4 is 4.90 Å². The topological polar surface area (TPSA) is 70.6 Å². The first-order valence-electron chi connectivity index (χ1n) is 9.08. The lowest BCUT2D eigenvalue weighted by Crippen LogP contribution is -2.37. The molecule has 30 heavy (non-hydrogen) atoms. The van der Waals surface area contributed by atoms with Crippen molar-refractivity contribution >= 4 is 54.2 Å². The van der Waals surface area contributed by atoms with Gasteiger partial charge in [-0.15, -0.1) is 11.8 Å². The van der Waals surface area contributed by atoms with E-state index in [1.165, 1.54) is 41.3 Å². The van der Waals surface area contributed by atoms with Crippen LogP contribution in [0.1, 0.15) is 0 Å². The lowest BCUT2D eigenvalue weighted by Gasteiger charge is -2.21. The van der Waals surface area contributed by atoms with Crippen molar-refractivity contribution in [3.8, 4) is 0 Å². The average molecular weight is 468 g/mol. The number of carbonyl (C=O) groups excluding carboxylic acids is 1. The molecule has 0 N–H and O–H groups in total. The Balaban J connectivity index is 1.89. The number of fused-ring (bicyclic) bond motifs is 1. The first-order valence-corrected chi connectivity index (χ1v) is 12.8. The summed E-state index contributed by atoms with van der Waals surface area (Å²) < 4.78 is 38.0. The van der Waals surface area contributed by atoms with Crippen molar-refractivity contribution < 1.29 is 17.6 Å². The molecule has 2 aromatic carbocycles. The zero-order valence-corrected chi connectivity index (χ0v) is 19.3. The van der Waals surface area contributed by atoms with Crippen molar-refractivity contribution in [3.63, 3.8) is 0 Å². The molecular weight excluding hydrogens is 445 g/mol. The van der Waals surface area contributed by atoms with Gasteiger partial charge in [0.1, 0.15) is 11.3 Å². The monoisotopic (exact) mass is 467 g/mol. The number of sulfone groups is 1. The number of benzene rings is 2. The van der Waals surface area contributed by atoms with Gasteiger partial charge in [-0.2, -0.15) is 0 Å². The minimum Gasteiger partial charge on any atom is -0.308 e. The Hall–Kier alpha value is -2.01. The van der Waals surface area contributed by atoms with Crippen LogP contribution in [-0.4, -0.2) is 63.4 Å². The van der Waals surface area contributed by atoms with Gasteiger partial charge < -0.3 is 4.90 Å². The third-order valence-corrected chi connectivity index (χ3v) is 7.42. The quantitative estimate of drug-likeness (QED) is 0.472. The van der Waals surface area contributed by atoms with Crippen LogP contribution in [0.25, 0.3) is 10.2 Å². The van der Waals surface area contributed by atoms with Crippen LogP contribution >= 0.6 is 23.1 Å². The van der Waals surface area contributed by atoms with Crippen LogP contribution in [0.2, 0.25) is 0 Å². The molecule has 0 spiro atoms. The number of thioether (sulfide) groups is 1. The fraction of sp³-hybridized carbons (Fsp3) is 0.300. The summed E-state index contributed by atoms with van der Waals surface area (Å²) >= 11 is 2.61. The summed E-state index contributed by atoms with van der Waals surface area (Å²) in [4.78, 5) is 22.0. The third kappa shape index (κ3) is 5.57. The minimum atomic E-state index is -3.44. The van der Waals surface area contributed by atoms with Gasteiger partial charge in [0.05, 0.1) is 15.3 Å². The number of hydrogen-bond acceptors (Lipinski definition) is 7. The summed E-state index contributed by atoms with van der Waals surface area (Å²) in [6, 6.07) is 11.0. The zero-order valence-electron chi connectivity index (χ0n) is 16.8. The standard InChI is InChI=1S/C20H22FN3O3S3/c1-23(2)11-12-24(18(25)13-28-15-9-7-14(21)8-10-15)20-22-19-16(29-20)5-4-6-17(19)30(3,26)27/h4-10H,11-13H2,1-3H3. The molecule has 0 aliphatic heterocycles. The van der Waals surface area contributed by atoms with Gasteiger partial charge in [-0.3, -0.25) is 9.69 Å². The number of nitrogens with zero attached hydrogens (tertiary/aromatic N) is 3. The predicted molar refractivity (Wildman–Crippen MR) is 121 cm³/mol. The van der Waals surface area contributed by atoms with Gasteiger partial charge in [-0.05, 0) is 50.5 Å². The summed E-state index contributed by atoms with van der Waals surface area (Å²) in [6.45, 7) is 1.05. The molecule has 6 nitrogen and oxygen atoms in total. The third-order valence-electron chi connectivity index (χ3n) is 4.25. The van der Waals surface area contributed by atoms with Crippen LogP contribution in [0, 0.1) is 5.82 Å². The molecule has 1 heterocycles. The Morgan fingerprint density at radius 1 is 1.13 bits per heavy atom. The van der Waals surface area contributed by atoms with Crippen LogP contribution in [0.15, 0.2) is 52.3 Å². The van der Waals surface area contributed by atoms with Crippen molar-refractivity contribution in [3.05, 3.63) is 48.3 Å². The van der Waals surface area contributed by atoms with Gasteiger partial charge >= 0.3 is 0 Å². The average Bonchev–Trinajstić information content (AvgIpc) is 3.10. The molecule has 160 valence electrons. The van der Waals surface area contributed by atoms with Gasteiger partial charge in [0.25, 0.3) is 0 Å². The van der Waals surface area contributed by atoms with Crippen LogP contribution in [0.5, 0.6) is 0 Å². The van der Waals surface area contributed by atoms with E-state index in [1.54, 1.807) is 29.2 Å². The maximum absolute atomic E-state index is 13.1. The molecule has 1 amide bonds. The van der Waals surface area contributed by atoms with Crippen molar-refractivity contribution in [2.45, 2.75) is 9.79 Å². The summed E-state index contributed by atoms with van der Waals surface area (Å²) in [6.07, 6.45) is 1.15. The van der Waals surface area contributed by atoms with Gasteiger partial charge in [0, 0.05) is 24.2 Å². The maximum atomic E-state index is 13.1. The molecule has 0 atom stereocenters. The molecule has 3 aromatic rings. The highest BCUT2D eigenvalue weighted by Gasteiger charge is 2.22. The van der Waals surface area contributed by atoms with E-state index in [-0.39, 0.29) is 22.4 Å². The van der Waals surface area contributed by atoms with E-state index in [1.807, 2.05) is 19.0 Å². The van der Waals surface area contributed by atoms with Crippen molar-refractivity contribution in [1.82, 2.24) is 9.88 Å². The lowest BCUT2D eigenvalue weighted by atomic mass is 10.3. The Bertz CT molecular complexity index is 1150. The predicted octanol–water partition coefficient (Wildman–Crippen LogP) is 3.53.